The molecule has 1 aliphatic rings. The Morgan fingerprint density at radius 3 is 2.79 bits per heavy atom. The number of carbonyl (C=O) groups excluding carboxylic acids is 1. The normalized spacial score (nSPS) is 13.4. The SMILES string of the molecule is O=C(OCc1cc(=O)n2c3c(sc2n1)CCCC3)c1ccc(-n2cnnn2)cc1. The van der Waals surface area contributed by atoms with E-state index in [0.29, 0.717) is 16.2 Å². The van der Waals surface area contributed by atoms with Crippen LogP contribution < -0.4 is 5.56 Å². The summed E-state index contributed by atoms with van der Waals surface area (Å²) in [5.74, 6) is -0.485. The summed E-state index contributed by atoms with van der Waals surface area (Å²) < 4.78 is 8.54. The molecule has 29 heavy (non-hydrogen) atoms. The fourth-order valence-corrected chi connectivity index (χ4v) is 4.70. The van der Waals surface area contributed by atoms with E-state index in [2.05, 4.69) is 20.5 Å². The number of aryl methyl sites for hydroxylation is 2. The molecule has 3 aromatic heterocycles. The first kappa shape index (κ1) is 17.7. The van der Waals surface area contributed by atoms with Crippen molar-refractivity contribution < 1.29 is 9.53 Å². The summed E-state index contributed by atoms with van der Waals surface area (Å²) in [5.41, 5.74) is 2.54. The Bertz CT molecular complexity index is 1240. The van der Waals surface area contributed by atoms with Crippen molar-refractivity contribution in [2.24, 2.45) is 0 Å². The maximum absolute atomic E-state index is 12.6. The van der Waals surface area contributed by atoms with E-state index in [0.717, 1.165) is 37.1 Å². The van der Waals surface area contributed by atoms with E-state index in [1.165, 1.54) is 22.0 Å². The number of hydrogen-bond donors (Lipinski definition) is 0. The second-order valence-corrected chi connectivity index (χ2v) is 7.82. The minimum absolute atomic E-state index is 0.0537. The molecule has 0 spiro atoms. The Morgan fingerprint density at radius 2 is 2.00 bits per heavy atom. The number of esters is 1. The van der Waals surface area contributed by atoms with E-state index in [4.69, 9.17) is 4.74 Å². The van der Waals surface area contributed by atoms with Gasteiger partial charge in [-0.1, -0.05) is 0 Å². The number of hydrogen-bond acceptors (Lipinski definition) is 8. The van der Waals surface area contributed by atoms with Gasteiger partial charge in [0.25, 0.3) is 5.56 Å². The third kappa shape index (κ3) is 3.31. The summed E-state index contributed by atoms with van der Waals surface area (Å²) in [6.07, 6.45) is 5.61. The van der Waals surface area contributed by atoms with Gasteiger partial charge < -0.3 is 4.74 Å². The van der Waals surface area contributed by atoms with Crippen LogP contribution in [0, 0.1) is 0 Å². The number of carbonyl (C=O) groups is 1. The molecule has 0 N–H and O–H groups in total. The van der Waals surface area contributed by atoms with Crippen LogP contribution in [0.1, 0.15) is 39.5 Å². The predicted octanol–water partition coefficient (Wildman–Crippen LogP) is 1.97. The quantitative estimate of drug-likeness (QED) is 0.476. The summed E-state index contributed by atoms with van der Waals surface area (Å²) >= 11 is 1.55. The lowest BCUT2D eigenvalue weighted by atomic mass is 10.0. The Balaban J connectivity index is 1.32. The van der Waals surface area contributed by atoms with Crippen molar-refractivity contribution in [2.75, 3.05) is 0 Å². The van der Waals surface area contributed by atoms with Gasteiger partial charge >= 0.3 is 5.97 Å². The minimum atomic E-state index is -0.485. The lowest BCUT2D eigenvalue weighted by Crippen LogP contribution is -2.18. The first-order valence-corrected chi connectivity index (χ1v) is 10.0. The zero-order valence-electron chi connectivity index (χ0n) is 15.3. The van der Waals surface area contributed by atoms with Crippen LogP contribution in [-0.4, -0.2) is 35.6 Å². The summed E-state index contributed by atoms with van der Waals surface area (Å²) in [4.78, 5) is 31.3. The monoisotopic (exact) mass is 408 g/mol. The molecule has 0 atom stereocenters. The zero-order chi connectivity index (χ0) is 19.8. The van der Waals surface area contributed by atoms with E-state index in [1.807, 2.05) is 0 Å². The molecule has 0 radical (unpaired) electrons. The lowest BCUT2D eigenvalue weighted by molar-refractivity contribution is 0.0468. The van der Waals surface area contributed by atoms with Crippen LogP contribution in [0.15, 0.2) is 41.5 Å². The number of aromatic nitrogens is 6. The average molecular weight is 408 g/mol. The van der Waals surface area contributed by atoms with E-state index < -0.39 is 5.97 Å². The van der Waals surface area contributed by atoms with Crippen LogP contribution >= 0.6 is 11.3 Å². The fraction of sp³-hybridized carbons (Fsp3) is 0.263. The average Bonchev–Trinajstić information content (AvgIpc) is 3.40. The summed E-state index contributed by atoms with van der Waals surface area (Å²) in [6.45, 7) is -0.0537. The van der Waals surface area contributed by atoms with Gasteiger partial charge in [-0.2, -0.15) is 0 Å². The maximum atomic E-state index is 12.6. The molecule has 5 rings (SSSR count). The minimum Gasteiger partial charge on any atom is -0.456 e. The second-order valence-electron chi connectivity index (χ2n) is 6.76. The summed E-state index contributed by atoms with van der Waals surface area (Å²) in [7, 11) is 0. The fourth-order valence-electron chi connectivity index (χ4n) is 3.47. The number of tetrazole rings is 1. The lowest BCUT2D eigenvalue weighted by Gasteiger charge is -2.10. The summed E-state index contributed by atoms with van der Waals surface area (Å²) in [6, 6.07) is 8.17. The van der Waals surface area contributed by atoms with E-state index in [9.17, 15) is 9.59 Å². The molecule has 0 amide bonds. The number of benzene rings is 1. The smallest absolute Gasteiger partial charge is 0.338 e. The highest BCUT2D eigenvalue weighted by Crippen LogP contribution is 2.28. The van der Waals surface area contributed by atoms with Gasteiger partial charge in [-0.05, 0) is 60.4 Å². The second kappa shape index (κ2) is 7.21. The molecule has 0 aliphatic heterocycles. The molecule has 1 aromatic carbocycles. The molecule has 3 heterocycles. The van der Waals surface area contributed by atoms with Crippen molar-refractivity contribution in [3.8, 4) is 5.69 Å². The van der Waals surface area contributed by atoms with Crippen molar-refractivity contribution >= 4 is 22.3 Å². The van der Waals surface area contributed by atoms with Crippen LogP contribution in [0.4, 0.5) is 0 Å². The van der Waals surface area contributed by atoms with Crippen LogP contribution in [-0.2, 0) is 24.2 Å². The number of ether oxygens (including phenoxy) is 1. The van der Waals surface area contributed by atoms with Gasteiger partial charge in [0.2, 0.25) is 0 Å². The number of thiazole rings is 1. The summed E-state index contributed by atoms with van der Waals surface area (Å²) in [5, 5.41) is 10.9. The van der Waals surface area contributed by atoms with Gasteiger partial charge in [0.15, 0.2) is 4.96 Å². The molecule has 4 aromatic rings. The molecular formula is C19H16N6O3S. The standard InChI is InChI=1S/C19H16N6O3S/c26-17-9-13(21-19-25(17)15-3-1-2-4-16(15)29-19)10-28-18(27)12-5-7-14(8-6-12)24-11-20-22-23-24/h5-9,11H,1-4,10H2. The Labute approximate surface area is 168 Å². The van der Waals surface area contributed by atoms with Gasteiger partial charge in [0, 0.05) is 16.6 Å². The highest BCUT2D eigenvalue weighted by Gasteiger charge is 2.19. The number of nitrogens with zero attached hydrogens (tertiary/aromatic N) is 6. The van der Waals surface area contributed by atoms with Gasteiger partial charge in [0.05, 0.1) is 16.9 Å². The molecule has 9 nitrogen and oxygen atoms in total. The van der Waals surface area contributed by atoms with Crippen molar-refractivity contribution in [1.82, 2.24) is 29.6 Å². The first-order valence-electron chi connectivity index (χ1n) is 9.23. The Hall–Kier alpha value is -3.40. The molecule has 0 bridgehead atoms. The molecule has 1 aliphatic carbocycles. The van der Waals surface area contributed by atoms with Gasteiger partial charge in [0.1, 0.15) is 12.9 Å². The largest absolute Gasteiger partial charge is 0.456 e. The van der Waals surface area contributed by atoms with Crippen LogP contribution in [0.3, 0.4) is 0 Å². The third-order valence-corrected chi connectivity index (χ3v) is 6.02. The highest BCUT2D eigenvalue weighted by molar-refractivity contribution is 7.17. The van der Waals surface area contributed by atoms with Crippen molar-refractivity contribution in [1.29, 1.82) is 0 Å². The van der Waals surface area contributed by atoms with Gasteiger partial charge in [-0.3, -0.25) is 9.20 Å². The molecule has 0 unspecified atom stereocenters. The van der Waals surface area contributed by atoms with E-state index >= 15 is 0 Å². The van der Waals surface area contributed by atoms with E-state index in [-0.39, 0.29) is 12.2 Å². The molecule has 146 valence electrons. The van der Waals surface area contributed by atoms with Crippen molar-refractivity contribution in [3.63, 3.8) is 0 Å². The Morgan fingerprint density at radius 1 is 1.17 bits per heavy atom. The maximum Gasteiger partial charge on any atom is 0.338 e. The van der Waals surface area contributed by atoms with Crippen molar-refractivity contribution in [3.05, 3.63) is 68.8 Å². The molecular weight excluding hydrogens is 392 g/mol. The molecule has 0 fully saturated rings. The number of fused-ring (bicyclic) bond motifs is 3. The topological polar surface area (TPSA) is 104 Å². The molecule has 10 heteroatoms. The molecule has 0 saturated carbocycles. The van der Waals surface area contributed by atoms with Crippen molar-refractivity contribution in [2.45, 2.75) is 32.3 Å². The highest BCUT2D eigenvalue weighted by atomic mass is 32.1. The van der Waals surface area contributed by atoms with Gasteiger partial charge in [-0.15, -0.1) is 16.4 Å². The first-order chi connectivity index (χ1) is 14.2. The van der Waals surface area contributed by atoms with Crippen LogP contribution in [0.25, 0.3) is 10.6 Å². The zero-order valence-corrected chi connectivity index (χ0v) is 16.1. The number of rotatable bonds is 4. The van der Waals surface area contributed by atoms with Crippen LogP contribution in [0.5, 0.6) is 0 Å². The van der Waals surface area contributed by atoms with Gasteiger partial charge in [-0.25, -0.2) is 14.5 Å². The Kier molecular flexibility index (Phi) is 4.39. The molecule has 0 saturated heterocycles. The third-order valence-electron chi connectivity index (χ3n) is 4.88. The van der Waals surface area contributed by atoms with E-state index in [1.54, 1.807) is 40.0 Å². The predicted molar refractivity (Wildman–Crippen MR) is 104 cm³/mol. The van der Waals surface area contributed by atoms with Crippen LogP contribution in [0.2, 0.25) is 0 Å².